The third kappa shape index (κ3) is 6.18. The van der Waals surface area contributed by atoms with Crippen LogP contribution in [0.5, 0.6) is 0 Å². The van der Waals surface area contributed by atoms with Crippen LogP contribution in [0.15, 0.2) is 71.1 Å². The van der Waals surface area contributed by atoms with Crippen LogP contribution in [0.4, 0.5) is 5.69 Å². The monoisotopic (exact) mass is 511 g/mol. The third-order valence-electron chi connectivity index (χ3n) is 8.18. The largest absolute Gasteiger partial charge is 0.379 e. The lowest BCUT2D eigenvalue weighted by molar-refractivity contribution is 0.102. The normalized spacial score (nSPS) is 24.1. The Balaban J connectivity index is 1.19. The molecule has 1 saturated heterocycles. The molecule has 3 unspecified atom stereocenters. The van der Waals surface area contributed by atoms with Gasteiger partial charge in [0.25, 0.3) is 5.91 Å². The number of nitrogens with zero attached hydrogens (tertiary/aromatic N) is 3. The van der Waals surface area contributed by atoms with Gasteiger partial charge in [-0.3, -0.25) is 14.7 Å². The average molecular weight is 512 g/mol. The van der Waals surface area contributed by atoms with Gasteiger partial charge in [-0.05, 0) is 80.0 Å². The zero-order valence-corrected chi connectivity index (χ0v) is 23.4. The fraction of sp³-hybridized carbons (Fsp3) is 0.438. The summed E-state index contributed by atoms with van der Waals surface area (Å²) in [4.78, 5) is 22.4. The molecule has 2 aliphatic heterocycles. The molecule has 5 rings (SSSR count). The maximum atomic E-state index is 13.1. The zero-order valence-electron chi connectivity index (χ0n) is 23.4. The first kappa shape index (κ1) is 26.2. The molecule has 3 aliphatic rings. The number of carbonyl (C=O) groups excluding carboxylic acids is 1. The Labute approximate surface area is 227 Å². The van der Waals surface area contributed by atoms with Crippen molar-refractivity contribution < 1.29 is 4.79 Å². The van der Waals surface area contributed by atoms with Crippen LogP contribution in [-0.4, -0.2) is 48.6 Å². The molecule has 0 aromatic heterocycles. The summed E-state index contributed by atoms with van der Waals surface area (Å²) >= 11 is 0. The number of benzene rings is 2. The molecule has 2 aromatic rings. The molecule has 1 saturated carbocycles. The number of anilines is 1. The van der Waals surface area contributed by atoms with E-state index in [2.05, 4.69) is 84.6 Å². The molecular weight excluding hydrogens is 470 g/mol. The van der Waals surface area contributed by atoms with E-state index in [0.717, 1.165) is 47.6 Å². The predicted octanol–water partition coefficient (Wildman–Crippen LogP) is 5.75. The summed E-state index contributed by atoms with van der Waals surface area (Å²) in [5.74, 6) is 2.04. The number of likely N-dealkylation sites (tertiary alicyclic amines) is 1. The Bertz CT molecular complexity index is 1270. The van der Waals surface area contributed by atoms with Crippen molar-refractivity contribution in [2.75, 3.05) is 32.0 Å². The van der Waals surface area contributed by atoms with Gasteiger partial charge in [0.05, 0.1) is 11.9 Å². The number of amides is 1. The standard InChI is InChI=1S/C32H41N5O/c1-6-36(5)20-31-22(3)13-30(16-33-31)34-23(4)24-8-7-9-29(15-24)35-32(38)25-10-11-26(21(2)12-25)17-37-18-27-14-28(27)19-37/h7-13,15-16,20,22-23,27-28,34H,6,14,17-19H2,1-5H3,(H,35,38)/b31-20+/t22?,23-,27?,28?/m0/s1. The summed E-state index contributed by atoms with van der Waals surface area (Å²) in [6.45, 7) is 12.9. The second-order valence-corrected chi connectivity index (χ2v) is 11.3. The van der Waals surface area contributed by atoms with Gasteiger partial charge < -0.3 is 15.5 Å². The number of piperidine rings is 1. The lowest BCUT2D eigenvalue weighted by Gasteiger charge is -2.22. The van der Waals surface area contributed by atoms with Crippen molar-refractivity contribution in [2.24, 2.45) is 22.7 Å². The van der Waals surface area contributed by atoms with Crippen LogP contribution >= 0.6 is 0 Å². The third-order valence-corrected chi connectivity index (χ3v) is 8.18. The van der Waals surface area contributed by atoms with Crippen LogP contribution in [0.2, 0.25) is 0 Å². The predicted molar refractivity (Wildman–Crippen MR) is 156 cm³/mol. The fourth-order valence-corrected chi connectivity index (χ4v) is 5.51. The van der Waals surface area contributed by atoms with E-state index in [1.807, 2.05) is 36.5 Å². The Kier molecular flexibility index (Phi) is 7.70. The number of hydrogen-bond acceptors (Lipinski definition) is 5. The molecule has 38 heavy (non-hydrogen) atoms. The molecule has 200 valence electrons. The van der Waals surface area contributed by atoms with Gasteiger partial charge in [0, 0.05) is 68.3 Å². The van der Waals surface area contributed by atoms with Crippen molar-refractivity contribution in [3.05, 3.63) is 88.4 Å². The highest BCUT2D eigenvalue weighted by Gasteiger charge is 2.44. The topological polar surface area (TPSA) is 60.0 Å². The van der Waals surface area contributed by atoms with Gasteiger partial charge in [0.2, 0.25) is 0 Å². The van der Waals surface area contributed by atoms with Crippen LogP contribution in [0.3, 0.4) is 0 Å². The molecule has 6 nitrogen and oxygen atoms in total. The maximum absolute atomic E-state index is 13.1. The molecule has 1 aliphatic carbocycles. The summed E-state index contributed by atoms with van der Waals surface area (Å²) in [5.41, 5.74) is 7.17. The molecule has 0 spiro atoms. The van der Waals surface area contributed by atoms with E-state index in [1.165, 1.54) is 30.6 Å². The Morgan fingerprint density at radius 1 is 1.21 bits per heavy atom. The minimum Gasteiger partial charge on any atom is -0.379 e. The van der Waals surface area contributed by atoms with Crippen molar-refractivity contribution in [1.29, 1.82) is 0 Å². The van der Waals surface area contributed by atoms with Gasteiger partial charge in [-0.15, -0.1) is 0 Å². The van der Waals surface area contributed by atoms with Crippen molar-refractivity contribution in [2.45, 2.75) is 46.7 Å². The summed E-state index contributed by atoms with van der Waals surface area (Å²) in [7, 11) is 2.06. The van der Waals surface area contributed by atoms with Crippen LogP contribution in [0.25, 0.3) is 0 Å². The van der Waals surface area contributed by atoms with E-state index in [1.54, 1.807) is 0 Å². The molecular formula is C32H41N5O. The van der Waals surface area contributed by atoms with Gasteiger partial charge in [-0.2, -0.15) is 0 Å². The number of aliphatic imine (C=N–C) groups is 1. The second kappa shape index (κ2) is 11.2. The number of nitrogens with one attached hydrogen (secondary N) is 2. The highest BCUT2D eigenvalue weighted by atomic mass is 16.1. The summed E-state index contributed by atoms with van der Waals surface area (Å²) < 4.78 is 0. The number of aryl methyl sites for hydroxylation is 1. The fourth-order valence-electron chi connectivity index (χ4n) is 5.51. The van der Waals surface area contributed by atoms with E-state index >= 15 is 0 Å². The molecule has 2 heterocycles. The molecule has 2 N–H and O–H groups in total. The number of rotatable bonds is 9. The number of fused-ring (bicyclic) bond motifs is 1. The van der Waals surface area contributed by atoms with Gasteiger partial charge in [-0.1, -0.05) is 31.2 Å². The highest BCUT2D eigenvalue weighted by Crippen LogP contribution is 2.45. The van der Waals surface area contributed by atoms with Gasteiger partial charge >= 0.3 is 0 Å². The number of allylic oxidation sites excluding steroid dienone is 2. The average Bonchev–Trinajstić information content (AvgIpc) is 3.51. The quantitative estimate of drug-likeness (QED) is 0.450. The summed E-state index contributed by atoms with van der Waals surface area (Å²) in [6, 6.07) is 14.2. The first-order chi connectivity index (χ1) is 18.3. The summed E-state index contributed by atoms with van der Waals surface area (Å²) in [5, 5.41) is 6.66. The number of carbonyl (C=O) groups is 1. The molecule has 2 aromatic carbocycles. The molecule has 0 bridgehead atoms. The highest BCUT2D eigenvalue weighted by molar-refractivity contribution is 6.04. The number of dihydropyridines is 1. The Morgan fingerprint density at radius 2 is 2.00 bits per heavy atom. The first-order valence-electron chi connectivity index (χ1n) is 14.0. The van der Waals surface area contributed by atoms with Crippen molar-refractivity contribution >= 4 is 17.8 Å². The van der Waals surface area contributed by atoms with Gasteiger partial charge in [0.15, 0.2) is 0 Å². The van der Waals surface area contributed by atoms with E-state index < -0.39 is 0 Å². The second-order valence-electron chi connectivity index (χ2n) is 11.3. The van der Waals surface area contributed by atoms with Gasteiger partial charge in [-0.25, -0.2) is 0 Å². The smallest absolute Gasteiger partial charge is 0.255 e. The van der Waals surface area contributed by atoms with Crippen molar-refractivity contribution in [3.63, 3.8) is 0 Å². The van der Waals surface area contributed by atoms with Crippen LogP contribution in [-0.2, 0) is 6.54 Å². The molecule has 6 heteroatoms. The summed E-state index contributed by atoms with van der Waals surface area (Å²) in [6.07, 6.45) is 7.64. The maximum Gasteiger partial charge on any atom is 0.255 e. The van der Waals surface area contributed by atoms with Crippen LogP contribution in [0.1, 0.15) is 60.3 Å². The lowest BCUT2D eigenvalue weighted by Crippen LogP contribution is -2.23. The zero-order chi connectivity index (χ0) is 26.8. The molecule has 1 amide bonds. The molecule has 2 fully saturated rings. The Hall–Kier alpha value is -3.38. The van der Waals surface area contributed by atoms with Gasteiger partial charge in [0.1, 0.15) is 0 Å². The van der Waals surface area contributed by atoms with E-state index in [4.69, 9.17) is 0 Å². The minimum absolute atomic E-state index is 0.0683. The molecule has 0 radical (unpaired) electrons. The van der Waals surface area contributed by atoms with Crippen molar-refractivity contribution in [3.8, 4) is 0 Å². The van der Waals surface area contributed by atoms with Crippen LogP contribution < -0.4 is 10.6 Å². The Morgan fingerprint density at radius 3 is 2.71 bits per heavy atom. The van der Waals surface area contributed by atoms with Crippen molar-refractivity contribution in [1.82, 2.24) is 15.1 Å². The van der Waals surface area contributed by atoms with E-state index in [9.17, 15) is 4.79 Å². The number of hydrogen-bond donors (Lipinski definition) is 2. The lowest BCUT2D eigenvalue weighted by atomic mass is 10.0. The van der Waals surface area contributed by atoms with E-state index in [0.29, 0.717) is 5.56 Å². The minimum atomic E-state index is -0.0767. The SMILES string of the molecule is CCN(C)/C=C1/N=CC(N[C@@H](C)c2cccc(NC(=O)c3ccc(CN4CC5CC5C4)c(C)c3)c2)=CC1C. The van der Waals surface area contributed by atoms with E-state index in [-0.39, 0.29) is 17.9 Å². The first-order valence-corrected chi connectivity index (χ1v) is 14.0. The van der Waals surface area contributed by atoms with Crippen LogP contribution in [0, 0.1) is 24.7 Å². The molecule has 4 atom stereocenters.